The molecule has 2 amide bonds. The number of carbonyl (C=O) groups excluding carboxylic acids is 2. The molecule has 0 bridgehead atoms. The van der Waals surface area contributed by atoms with Gasteiger partial charge in [-0.2, -0.15) is 0 Å². The molecule has 1 aromatic rings. The van der Waals surface area contributed by atoms with Gasteiger partial charge in [0.15, 0.2) is 0 Å². The Hall–Kier alpha value is -1.92. The Balaban J connectivity index is 0.000000174. The third-order valence-electron chi connectivity index (χ3n) is 8.62. The molecule has 6 heteroatoms. The molecular formula is C31H51N3O3. The third-order valence-corrected chi connectivity index (χ3v) is 8.62. The second-order valence-corrected chi connectivity index (χ2v) is 11.2. The standard InChI is InChI=1S/C15H26N2O2.C7H11NO.C7H8.C2H6/c1-16(11-14-7-9-19-14)12-4-2-6-15(18)17-8-3-5-13(17)10-12;9-6-8-5-1-2-7(8)3-4-7;1-7-5-3-2-4-6-7;1-2/h12-14H,2-11H2,1H3;6H,1-5H2;2-6H,1H3;1-2H3/t12?,13-,14?;;;/m1.../s1. The van der Waals surface area contributed by atoms with Gasteiger partial charge in [0.2, 0.25) is 12.3 Å². The number of likely N-dealkylation sites (N-methyl/N-ethyl adjacent to an activating group) is 1. The van der Waals surface area contributed by atoms with Crippen LogP contribution in [-0.4, -0.2) is 84.0 Å². The molecule has 5 fully saturated rings. The van der Waals surface area contributed by atoms with Crippen molar-refractivity contribution in [2.45, 2.75) is 115 Å². The predicted octanol–water partition coefficient (Wildman–Crippen LogP) is 5.43. The van der Waals surface area contributed by atoms with Crippen LogP contribution in [0, 0.1) is 6.92 Å². The fourth-order valence-corrected chi connectivity index (χ4v) is 6.11. The number of ether oxygens (including phenoxy) is 1. The molecule has 1 aliphatic carbocycles. The summed E-state index contributed by atoms with van der Waals surface area (Å²) in [6.45, 7) is 10.1. The lowest BCUT2D eigenvalue weighted by Crippen LogP contribution is -2.47. The van der Waals surface area contributed by atoms with Gasteiger partial charge in [0.25, 0.3) is 0 Å². The quantitative estimate of drug-likeness (QED) is 0.504. The molecule has 6 nitrogen and oxygen atoms in total. The van der Waals surface area contributed by atoms with Crippen molar-refractivity contribution < 1.29 is 14.3 Å². The summed E-state index contributed by atoms with van der Waals surface area (Å²) in [4.78, 5) is 29.1. The van der Waals surface area contributed by atoms with Gasteiger partial charge >= 0.3 is 0 Å². The topological polar surface area (TPSA) is 53.1 Å². The molecule has 4 aliphatic heterocycles. The van der Waals surface area contributed by atoms with Crippen molar-refractivity contribution in [1.29, 1.82) is 0 Å². The minimum absolute atomic E-state index is 0.377. The van der Waals surface area contributed by atoms with Crippen LogP contribution in [0.15, 0.2) is 30.3 Å². The van der Waals surface area contributed by atoms with Crippen LogP contribution in [0.25, 0.3) is 0 Å². The van der Waals surface area contributed by atoms with Gasteiger partial charge in [-0.25, -0.2) is 0 Å². The maximum absolute atomic E-state index is 12.1. The Morgan fingerprint density at radius 1 is 1.03 bits per heavy atom. The number of amides is 2. The smallest absolute Gasteiger partial charge is 0.222 e. The van der Waals surface area contributed by atoms with E-state index in [1.807, 2.05) is 36.9 Å². The zero-order valence-electron chi connectivity index (χ0n) is 23.9. The number of hydrogen-bond donors (Lipinski definition) is 0. The minimum atomic E-state index is 0.377. The second-order valence-electron chi connectivity index (χ2n) is 11.2. The van der Waals surface area contributed by atoms with Crippen LogP contribution in [0.2, 0.25) is 0 Å². The average Bonchev–Trinajstić information content (AvgIpc) is 3.32. The van der Waals surface area contributed by atoms with Crippen LogP contribution in [-0.2, 0) is 14.3 Å². The van der Waals surface area contributed by atoms with Crippen molar-refractivity contribution in [3.8, 4) is 0 Å². The van der Waals surface area contributed by atoms with Gasteiger partial charge in [-0.05, 0) is 78.2 Å². The van der Waals surface area contributed by atoms with Crippen LogP contribution < -0.4 is 0 Å². The van der Waals surface area contributed by atoms with Crippen LogP contribution in [0.4, 0.5) is 0 Å². The molecule has 0 aromatic heterocycles. The number of carbonyl (C=O) groups is 2. The molecule has 0 radical (unpaired) electrons. The first-order valence-electron chi connectivity index (χ1n) is 14.9. The predicted molar refractivity (Wildman–Crippen MR) is 150 cm³/mol. The van der Waals surface area contributed by atoms with Crippen molar-refractivity contribution in [1.82, 2.24) is 14.7 Å². The van der Waals surface area contributed by atoms with Crippen molar-refractivity contribution >= 4 is 12.3 Å². The van der Waals surface area contributed by atoms with Gasteiger partial charge in [0.05, 0.1) is 6.10 Å². The second kappa shape index (κ2) is 14.9. The highest BCUT2D eigenvalue weighted by Crippen LogP contribution is 2.48. The van der Waals surface area contributed by atoms with Crippen LogP contribution in [0.5, 0.6) is 0 Å². The molecule has 37 heavy (non-hydrogen) atoms. The molecule has 6 rings (SSSR count). The fourth-order valence-electron chi connectivity index (χ4n) is 6.11. The summed E-state index contributed by atoms with van der Waals surface area (Å²) < 4.78 is 5.55. The first kappa shape index (κ1) is 29.6. The van der Waals surface area contributed by atoms with Crippen molar-refractivity contribution in [3.05, 3.63) is 35.9 Å². The normalized spacial score (nSPS) is 27.3. The summed E-state index contributed by atoms with van der Waals surface area (Å²) in [7, 11) is 2.23. The van der Waals surface area contributed by atoms with Crippen molar-refractivity contribution in [3.63, 3.8) is 0 Å². The van der Waals surface area contributed by atoms with Crippen LogP contribution in [0.3, 0.4) is 0 Å². The number of fused-ring (bicyclic) bond motifs is 1. The first-order valence-corrected chi connectivity index (χ1v) is 14.9. The Morgan fingerprint density at radius 3 is 2.30 bits per heavy atom. The summed E-state index contributed by atoms with van der Waals surface area (Å²) in [5.41, 5.74) is 1.70. The molecule has 5 aliphatic rings. The molecule has 4 heterocycles. The van der Waals surface area contributed by atoms with Gasteiger partial charge in [-0.1, -0.05) is 49.7 Å². The summed E-state index contributed by atoms with van der Waals surface area (Å²) in [6.07, 6.45) is 14.2. The highest BCUT2D eigenvalue weighted by Gasteiger charge is 2.50. The van der Waals surface area contributed by atoms with E-state index < -0.39 is 0 Å². The molecule has 2 unspecified atom stereocenters. The zero-order valence-corrected chi connectivity index (χ0v) is 23.9. The van der Waals surface area contributed by atoms with E-state index in [0.717, 1.165) is 51.9 Å². The summed E-state index contributed by atoms with van der Waals surface area (Å²) in [6, 6.07) is 11.4. The summed E-state index contributed by atoms with van der Waals surface area (Å²) >= 11 is 0. The maximum Gasteiger partial charge on any atom is 0.222 e. The molecule has 1 spiro atoms. The van der Waals surface area contributed by atoms with E-state index in [9.17, 15) is 9.59 Å². The number of rotatable bonds is 4. The lowest BCUT2D eigenvalue weighted by molar-refractivity contribution is -0.133. The minimum Gasteiger partial charge on any atom is -0.377 e. The Morgan fingerprint density at radius 2 is 1.76 bits per heavy atom. The lowest BCUT2D eigenvalue weighted by atomic mass is 9.95. The van der Waals surface area contributed by atoms with Gasteiger partial charge in [-0.3, -0.25) is 9.59 Å². The van der Waals surface area contributed by atoms with Gasteiger partial charge in [-0.15, -0.1) is 0 Å². The van der Waals surface area contributed by atoms with E-state index in [0.29, 0.717) is 29.6 Å². The highest BCUT2D eigenvalue weighted by atomic mass is 16.5. The molecule has 1 aromatic carbocycles. The van der Waals surface area contributed by atoms with E-state index in [2.05, 4.69) is 35.9 Å². The average molecular weight is 514 g/mol. The third kappa shape index (κ3) is 8.54. The number of hydrogen-bond acceptors (Lipinski definition) is 4. The number of likely N-dealkylation sites (tertiary alicyclic amines) is 1. The molecule has 4 saturated heterocycles. The van der Waals surface area contributed by atoms with E-state index in [4.69, 9.17) is 4.74 Å². The molecular weight excluding hydrogens is 462 g/mol. The van der Waals surface area contributed by atoms with E-state index in [1.54, 1.807) is 0 Å². The van der Waals surface area contributed by atoms with E-state index >= 15 is 0 Å². The molecule has 208 valence electrons. The van der Waals surface area contributed by atoms with Crippen LogP contribution >= 0.6 is 0 Å². The maximum atomic E-state index is 12.1. The van der Waals surface area contributed by atoms with Crippen molar-refractivity contribution in [2.75, 3.05) is 33.3 Å². The number of benzene rings is 1. The van der Waals surface area contributed by atoms with E-state index in [-0.39, 0.29) is 0 Å². The number of aryl methyl sites for hydroxylation is 1. The van der Waals surface area contributed by atoms with Gasteiger partial charge in [0.1, 0.15) is 0 Å². The van der Waals surface area contributed by atoms with Crippen molar-refractivity contribution in [2.24, 2.45) is 0 Å². The summed E-state index contributed by atoms with van der Waals surface area (Å²) in [5, 5.41) is 0. The fraction of sp³-hybridized carbons (Fsp3) is 0.742. The summed E-state index contributed by atoms with van der Waals surface area (Å²) in [5.74, 6) is 0.394. The largest absolute Gasteiger partial charge is 0.377 e. The Bertz CT molecular complexity index is 809. The highest BCUT2D eigenvalue weighted by molar-refractivity contribution is 5.76. The first-order chi connectivity index (χ1) is 18.0. The zero-order chi connectivity index (χ0) is 26.7. The lowest BCUT2D eigenvalue weighted by Gasteiger charge is -2.38. The number of nitrogens with zero attached hydrogens (tertiary/aromatic N) is 3. The van der Waals surface area contributed by atoms with E-state index in [1.165, 1.54) is 56.9 Å². The Labute approximate surface area is 225 Å². The van der Waals surface area contributed by atoms with Gasteiger partial charge < -0.3 is 19.4 Å². The molecule has 1 saturated carbocycles. The van der Waals surface area contributed by atoms with Crippen LogP contribution in [0.1, 0.15) is 90.0 Å². The molecule has 3 atom stereocenters. The Kier molecular flexibility index (Phi) is 11.9. The molecule has 0 N–H and O–H groups in total. The SMILES string of the molecule is CC.CN(CC1CCO1)C1CCCC(=O)N2CCC[C@@H]2C1.Cc1ccccc1.O=CN1CCCC12CC2. The van der Waals surface area contributed by atoms with Gasteiger partial charge in [0, 0.05) is 50.3 Å². The monoisotopic (exact) mass is 513 g/mol.